The molecule has 4 rings (SSSR count). The Bertz CT molecular complexity index is 807. The highest BCUT2D eigenvalue weighted by molar-refractivity contribution is 7.99. The predicted octanol–water partition coefficient (Wildman–Crippen LogP) is 4.94. The van der Waals surface area contributed by atoms with E-state index in [9.17, 15) is 0 Å². The number of aromatic nitrogens is 3. The maximum atomic E-state index is 6.43. The number of nitrogens with two attached hydrogens (primary N) is 1. The molecule has 2 N–H and O–H groups in total. The summed E-state index contributed by atoms with van der Waals surface area (Å²) in [6, 6.07) is 1.79. The second kappa shape index (κ2) is 9.48. The third-order valence-corrected chi connectivity index (χ3v) is 6.82. The number of rotatable bonds is 3. The second-order valence-corrected chi connectivity index (χ2v) is 8.52. The van der Waals surface area contributed by atoms with E-state index in [1.807, 2.05) is 13.8 Å². The molecule has 2 aliphatic rings. The van der Waals surface area contributed by atoms with Crippen LogP contribution in [0.25, 0.3) is 0 Å². The largest absolute Gasteiger partial charge is 0.382 e. The first-order valence-corrected chi connectivity index (χ1v) is 11.1. The Labute approximate surface area is 180 Å². The molecule has 2 fully saturated rings. The molecule has 9 heteroatoms. The first-order valence-electron chi connectivity index (χ1n) is 9.49. The highest BCUT2D eigenvalue weighted by atomic mass is 35.5. The van der Waals surface area contributed by atoms with E-state index in [0.29, 0.717) is 26.4 Å². The van der Waals surface area contributed by atoms with Crippen molar-refractivity contribution in [1.82, 2.24) is 15.0 Å². The van der Waals surface area contributed by atoms with Crippen LogP contribution < -0.4 is 10.6 Å². The van der Waals surface area contributed by atoms with Gasteiger partial charge in [-0.2, -0.15) is 0 Å². The molecular formula is C19H25Cl2N5OS. The van der Waals surface area contributed by atoms with Crippen molar-refractivity contribution >= 4 is 46.6 Å². The van der Waals surface area contributed by atoms with Crippen molar-refractivity contribution in [2.75, 3.05) is 36.9 Å². The van der Waals surface area contributed by atoms with Gasteiger partial charge in [0.1, 0.15) is 10.8 Å². The fourth-order valence-corrected chi connectivity index (χ4v) is 4.80. The van der Waals surface area contributed by atoms with Crippen molar-refractivity contribution in [3.8, 4) is 0 Å². The summed E-state index contributed by atoms with van der Waals surface area (Å²) < 4.78 is 5.59. The summed E-state index contributed by atoms with van der Waals surface area (Å²) in [4.78, 5) is 16.0. The summed E-state index contributed by atoms with van der Waals surface area (Å²) in [6.07, 6.45) is 6.71. The molecule has 0 saturated carbocycles. The van der Waals surface area contributed by atoms with Gasteiger partial charge in [0.25, 0.3) is 0 Å². The zero-order valence-corrected chi connectivity index (χ0v) is 18.4. The lowest BCUT2D eigenvalue weighted by Crippen LogP contribution is -2.41. The van der Waals surface area contributed by atoms with Crippen LogP contribution in [0.3, 0.4) is 0 Å². The lowest BCUT2D eigenvalue weighted by atomic mass is 9.78. The average Bonchev–Trinajstić information content (AvgIpc) is 3.16. The van der Waals surface area contributed by atoms with Crippen LogP contribution in [0.5, 0.6) is 0 Å². The monoisotopic (exact) mass is 441 g/mol. The number of halogens is 2. The fourth-order valence-electron chi connectivity index (χ4n) is 3.48. The van der Waals surface area contributed by atoms with Crippen molar-refractivity contribution in [1.29, 1.82) is 0 Å². The summed E-state index contributed by atoms with van der Waals surface area (Å²) >= 11 is 14.0. The van der Waals surface area contributed by atoms with E-state index < -0.39 is 0 Å². The summed E-state index contributed by atoms with van der Waals surface area (Å²) in [6.45, 7) is 7.62. The Balaban J connectivity index is 0.00000109. The molecule has 0 aliphatic carbocycles. The number of hydrogen-bond acceptors (Lipinski definition) is 7. The molecule has 4 heterocycles. The minimum atomic E-state index is 0.297. The number of nitrogens with zero attached hydrogens (tertiary/aromatic N) is 4. The smallest absolute Gasteiger partial charge is 0.172 e. The zero-order valence-electron chi connectivity index (χ0n) is 16.1. The quantitative estimate of drug-likeness (QED) is 0.721. The normalized spacial score (nSPS) is 18.1. The van der Waals surface area contributed by atoms with E-state index in [1.165, 1.54) is 11.8 Å². The summed E-state index contributed by atoms with van der Waals surface area (Å²) in [5.74, 6) is 1.04. The lowest BCUT2D eigenvalue weighted by molar-refractivity contribution is 0.133. The molecule has 28 heavy (non-hydrogen) atoms. The maximum absolute atomic E-state index is 6.43. The topological polar surface area (TPSA) is 77.2 Å². The second-order valence-electron chi connectivity index (χ2n) is 6.72. The van der Waals surface area contributed by atoms with Crippen molar-refractivity contribution in [3.63, 3.8) is 0 Å². The summed E-state index contributed by atoms with van der Waals surface area (Å²) in [5, 5.41) is 1.50. The lowest BCUT2D eigenvalue weighted by Gasteiger charge is -2.38. The van der Waals surface area contributed by atoms with Crippen molar-refractivity contribution in [2.45, 2.75) is 43.0 Å². The molecule has 2 aliphatic heterocycles. The number of nitrogen functional groups attached to an aromatic ring is 1. The maximum Gasteiger partial charge on any atom is 0.172 e. The van der Waals surface area contributed by atoms with E-state index in [4.69, 9.17) is 33.7 Å². The fraction of sp³-hybridized carbons (Fsp3) is 0.526. The molecule has 152 valence electrons. The van der Waals surface area contributed by atoms with Gasteiger partial charge in [-0.05, 0) is 30.7 Å². The van der Waals surface area contributed by atoms with E-state index >= 15 is 0 Å². The summed E-state index contributed by atoms with van der Waals surface area (Å²) in [7, 11) is 0. The van der Waals surface area contributed by atoms with Crippen LogP contribution in [0.15, 0.2) is 28.4 Å². The van der Waals surface area contributed by atoms with Gasteiger partial charge in [0.2, 0.25) is 0 Å². The molecule has 2 aromatic rings. The molecule has 6 nitrogen and oxygen atoms in total. The molecule has 0 atom stereocenters. The van der Waals surface area contributed by atoms with Gasteiger partial charge in [-0.1, -0.05) is 48.8 Å². The van der Waals surface area contributed by atoms with Crippen LogP contribution in [-0.4, -0.2) is 41.3 Å². The standard InChI is InChI=1S/C17H19Cl2N5OS.C2H6/c18-13-11(1-5-21-15(13)20)26-12-9-22-16(14(19)23-12)24-6-2-17(3-7-24)4-8-25-10-17;1-2/h1,5,9H,2-4,6-8,10H2,(H2,20,21);1-2H3. The number of ether oxygens (including phenoxy) is 1. The molecule has 1 spiro atoms. The molecule has 0 amide bonds. The molecular weight excluding hydrogens is 417 g/mol. The van der Waals surface area contributed by atoms with Gasteiger partial charge in [-0.25, -0.2) is 15.0 Å². The number of hydrogen-bond donors (Lipinski definition) is 1. The van der Waals surface area contributed by atoms with Gasteiger partial charge in [-0.3, -0.25) is 0 Å². The van der Waals surface area contributed by atoms with Crippen LogP contribution in [0, 0.1) is 5.41 Å². The van der Waals surface area contributed by atoms with E-state index in [2.05, 4.69) is 19.9 Å². The Morgan fingerprint density at radius 3 is 2.57 bits per heavy atom. The molecule has 2 saturated heterocycles. The Kier molecular flexibility index (Phi) is 7.25. The number of piperidine rings is 1. The van der Waals surface area contributed by atoms with Gasteiger partial charge in [0.15, 0.2) is 11.0 Å². The van der Waals surface area contributed by atoms with E-state index in [1.54, 1.807) is 18.5 Å². The first-order chi connectivity index (χ1) is 13.6. The van der Waals surface area contributed by atoms with Crippen molar-refractivity contribution in [3.05, 3.63) is 28.6 Å². The summed E-state index contributed by atoms with van der Waals surface area (Å²) in [5.41, 5.74) is 6.09. The highest BCUT2D eigenvalue weighted by Gasteiger charge is 2.38. The van der Waals surface area contributed by atoms with Crippen LogP contribution in [0.4, 0.5) is 11.6 Å². The van der Waals surface area contributed by atoms with E-state index in [0.717, 1.165) is 56.3 Å². The molecule has 2 aromatic heterocycles. The zero-order chi connectivity index (χ0) is 20.1. The molecule has 0 unspecified atom stereocenters. The Morgan fingerprint density at radius 2 is 1.93 bits per heavy atom. The number of pyridine rings is 1. The van der Waals surface area contributed by atoms with Crippen molar-refractivity contribution in [2.24, 2.45) is 5.41 Å². The van der Waals surface area contributed by atoms with Crippen LogP contribution in [0.1, 0.15) is 33.1 Å². The Hall–Kier alpha value is -1.28. The first kappa shape index (κ1) is 21.4. The van der Waals surface area contributed by atoms with Gasteiger partial charge in [0.05, 0.1) is 17.8 Å². The van der Waals surface area contributed by atoms with Crippen LogP contribution >= 0.6 is 35.0 Å². The number of anilines is 2. The van der Waals surface area contributed by atoms with Gasteiger partial charge < -0.3 is 15.4 Å². The van der Waals surface area contributed by atoms with Gasteiger partial charge in [0, 0.05) is 30.8 Å². The molecule has 0 bridgehead atoms. The highest BCUT2D eigenvalue weighted by Crippen LogP contribution is 2.41. The predicted molar refractivity (Wildman–Crippen MR) is 115 cm³/mol. The van der Waals surface area contributed by atoms with Crippen molar-refractivity contribution < 1.29 is 4.74 Å². The van der Waals surface area contributed by atoms with Gasteiger partial charge in [-0.15, -0.1) is 0 Å². The molecule has 0 radical (unpaired) electrons. The Morgan fingerprint density at radius 1 is 1.18 bits per heavy atom. The van der Waals surface area contributed by atoms with E-state index in [-0.39, 0.29) is 0 Å². The average molecular weight is 442 g/mol. The minimum absolute atomic E-state index is 0.297. The van der Waals surface area contributed by atoms with Crippen LogP contribution in [-0.2, 0) is 4.74 Å². The third kappa shape index (κ3) is 4.64. The minimum Gasteiger partial charge on any atom is -0.382 e. The SMILES string of the molecule is CC.Nc1nccc(Sc2cnc(N3CCC4(CCOC4)CC3)c(Cl)n2)c1Cl. The molecule has 0 aromatic carbocycles. The van der Waals surface area contributed by atoms with Crippen LogP contribution in [0.2, 0.25) is 10.2 Å². The van der Waals surface area contributed by atoms with Gasteiger partial charge >= 0.3 is 0 Å². The third-order valence-electron chi connectivity index (χ3n) is 5.09.